The third-order valence-electron chi connectivity index (χ3n) is 6.32. The minimum atomic E-state index is -1.66. The monoisotopic (exact) mass is 423 g/mol. The number of fused-ring (bicyclic) bond motifs is 1. The van der Waals surface area contributed by atoms with E-state index < -0.39 is 52.0 Å². The number of carbonyl (C=O) groups is 3. The summed E-state index contributed by atoms with van der Waals surface area (Å²) in [7, 11) is 0. The topological polar surface area (TPSA) is 130 Å². The summed E-state index contributed by atoms with van der Waals surface area (Å²) in [5, 5.41) is 24.5. The molecule has 2 aliphatic heterocycles. The van der Waals surface area contributed by atoms with Crippen LogP contribution in [0, 0.1) is 27.9 Å². The molecule has 9 heteroatoms. The first-order valence-electron chi connectivity index (χ1n) is 9.88. The summed E-state index contributed by atoms with van der Waals surface area (Å²) in [6.07, 6.45) is 0. The maximum absolute atomic E-state index is 13.5. The van der Waals surface area contributed by atoms with E-state index >= 15 is 0 Å². The number of nitrogens with one attached hydrogen (secondary N) is 1. The Morgan fingerprint density at radius 1 is 1.13 bits per heavy atom. The molecule has 0 aromatic heterocycles. The Balaban J connectivity index is 1.87. The van der Waals surface area contributed by atoms with Gasteiger partial charge in [0, 0.05) is 18.2 Å². The zero-order chi connectivity index (χ0) is 22.5. The Morgan fingerprint density at radius 3 is 2.39 bits per heavy atom. The molecule has 2 fully saturated rings. The molecule has 2 amide bonds. The van der Waals surface area contributed by atoms with Crippen LogP contribution in [0.4, 0.5) is 11.4 Å². The number of non-ortho nitro benzene ring substituents is 1. The van der Waals surface area contributed by atoms with Crippen LogP contribution >= 0.6 is 0 Å². The molecule has 2 saturated heterocycles. The number of carboxylic acids is 1. The Kier molecular flexibility index (Phi) is 4.85. The van der Waals surface area contributed by atoms with E-state index in [4.69, 9.17) is 0 Å². The molecule has 4 unspecified atom stereocenters. The molecule has 2 aliphatic rings. The van der Waals surface area contributed by atoms with Crippen LogP contribution in [0.2, 0.25) is 0 Å². The normalized spacial score (nSPS) is 27.6. The number of hydrogen-bond donors (Lipinski definition) is 2. The second-order valence-corrected chi connectivity index (χ2v) is 8.15. The van der Waals surface area contributed by atoms with Gasteiger partial charge in [-0.25, -0.2) is 4.90 Å². The van der Waals surface area contributed by atoms with Gasteiger partial charge in [0.15, 0.2) is 0 Å². The van der Waals surface area contributed by atoms with Crippen molar-refractivity contribution in [2.24, 2.45) is 17.8 Å². The molecule has 0 aliphatic carbocycles. The lowest BCUT2D eigenvalue weighted by Crippen LogP contribution is -2.59. The largest absolute Gasteiger partial charge is 0.480 e. The van der Waals surface area contributed by atoms with Crippen molar-refractivity contribution < 1.29 is 24.4 Å². The second kappa shape index (κ2) is 7.28. The molecule has 0 saturated carbocycles. The number of nitrogens with zero attached hydrogens (tertiary/aromatic N) is 2. The van der Waals surface area contributed by atoms with Gasteiger partial charge >= 0.3 is 5.97 Å². The molecule has 4 rings (SSSR count). The Labute approximate surface area is 177 Å². The summed E-state index contributed by atoms with van der Waals surface area (Å²) in [6, 6.07) is 13.5. The smallest absolute Gasteiger partial charge is 0.325 e. The van der Waals surface area contributed by atoms with E-state index in [0.29, 0.717) is 5.56 Å². The Bertz CT molecular complexity index is 1090. The van der Waals surface area contributed by atoms with E-state index in [1.165, 1.54) is 18.2 Å². The van der Waals surface area contributed by atoms with Crippen LogP contribution in [0.3, 0.4) is 0 Å². The molecule has 160 valence electrons. The lowest BCUT2D eigenvalue weighted by atomic mass is 9.73. The van der Waals surface area contributed by atoms with E-state index in [-0.39, 0.29) is 11.4 Å². The lowest BCUT2D eigenvalue weighted by molar-refractivity contribution is -0.384. The highest BCUT2D eigenvalue weighted by Gasteiger charge is 2.69. The van der Waals surface area contributed by atoms with E-state index in [9.17, 15) is 29.6 Å². The van der Waals surface area contributed by atoms with Crippen LogP contribution in [-0.4, -0.2) is 33.4 Å². The molecule has 0 spiro atoms. The van der Waals surface area contributed by atoms with Gasteiger partial charge in [0.2, 0.25) is 11.8 Å². The number of carboxylic acid groups (broad SMARTS) is 1. The zero-order valence-electron chi connectivity index (χ0n) is 16.9. The number of carbonyl (C=O) groups excluding carboxylic acids is 2. The summed E-state index contributed by atoms with van der Waals surface area (Å²) in [6.45, 7) is 3.39. The van der Waals surface area contributed by atoms with E-state index in [1.54, 1.807) is 44.2 Å². The van der Waals surface area contributed by atoms with Gasteiger partial charge in [-0.15, -0.1) is 0 Å². The van der Waals surface area contributed by atoms with Crippen molar-refractivity contribution >= 4 is 29.2 Å². The zero-order valence-corrected chi connectivity index (χ0v) is 16.9. The van der Waals surface area contributed by atoms with Crippen LogP contribution in [0.5, 0.6) is 0 Å². The van der Waals surface area contributed by atoms with Gasteiger partial charge in [0.05, 0.1) is 22.4 Å². The predicted octanol–water partition coefficient (Wildman–Crippen LogP) is 2.52. The SMILES string of the molecule is CC(C)C1(C(=O)O)NC(c2ccccc2)C2C(=O)N(c3cccc([N+](=O)[O-])c3)C(=O)C21. The number of aliphatic carboxylic acids is 1. The fourth-order valence-corrected chi connectivity index (χ4v) is 4.86. The molecule has 0 bridgehead atoms. The van der Waals surface area contributed by atoms with E-state index in [0.717, 1.165) is 11.0 Å². The highest BCUT2D eigenvalue weighted by molar-refractivity contribution is 6.24. The molecule has 2 aromatic carbocycles. The van der Waals surface area contributed by atoms with Crippen LogP contribution in [0.25, 0.3) is 0 Å². The molecule has 0 radical (unpaired) electrons. The molecule has 9 nitrogen and oxygen atoms in total. The minimum absolute atomic E-state index is 0.0634. The first kappa shape index (κ1) is 20.7. The second-order valence-electron chi connectivity index (χ2n) is 8.15. The van der Waals surface area contributed by atoms with Gasteiger partial charge in [-0.2, -0.15) is 0 Å². The number of hydrogen-bond acceptors (Lipinski definition) is 6. The van der Waals surface area contributed by atoms with Crippen molar-refractivity contribution in [3.8, 4) is 0 Å². The third-order valence-corrected chi connectivity index (χ3v) is 6.32. The van der Waals surface area contributed by atoms with Gasteiger partial charge < -0.3 is 5.11 Å². The number of nitro benzene ring substituents is 1. The molecule has 2 N–H and O–H groups in total. The van der Waals surface area contributed by atoms with Gasteiger partial charge in [-0.3, -0.25) is 29.8 Å². The molecule has 2 heterocycles. The fourth-order valence-electron chi connectivity index (χ4n) is 4.86. The average molecular weight is 423 g/mol. The van der Waals surface area contributed by atoms with Crippen LogP contribution in [0.1, 0.15) is 25.5 Å². The van der Waals surface area contributed by atoms with Crippen molar-refractivity contribution in [3.05, 3.63) is 70.3 Å². The van der Waals surface area contributed by atoms with Gasteiger partial charge in [-0.05, 0) is 17.5 Å². The van der Waals surface area contributed by atoms with Crippen molar-refractivity contribution in [1.82, 2.24) is 5.32 Å². The number of imide groups is 1. The molecule has 2 aromatic rings. The van der Waals surface area contributed by atoms with E-state index in [1.807, 2.05) is 0 Å². The maximum atomic E-state index is 13.5. The molecular weight excluding hydrogens is 402 g/mol. The molecule has 4 atom stereocenters. The minimum Gasteiger partial charge on any atom is -0.480 e. The lowest BCUT2D eigenvalue weighted by Gasteiger charge is -2.34. The summed E-state index contributed by atoms with van der Waals surface area (Å²) < 4.78 is 0. The summed E-state index contributed by atoms with van der Waals surface area (Å²) >= 11 is 0. The standard InChI is InChI=1S/C22H21N3O6/c1-12(2)22(21(28)29)17-16(18(23-22)13-7-4-3-5-8-13)19(26)24(20(17)27)14-9-6-10-15(11-14)25(30)31/h3-12,16-18,23H,1-2H3,(H,28,29). The van der Waals surface area contributed by atoms with Gasteiger partial charge in [-0.1, -0.05) is 50.2 Å². The summed E-state index contributed by atoms with van der Waals surface area (Å²) in [4.78, 5) is 51.0. The van der Waals surface area contributed by atoms with Gasteiger partial charge in [0.1, 0.15) is 5.54 Å². The van der Waals surface area contributed by atoms with Gasteiger partial charge in [0.25, 0.3) is 5.69 Å². The highest BCUT2D eigenvalue weighted by atomic mass is 16.6. The molecule has 31 heavy (non-hydrogen) atoms. The van der Waals surface area contributed by atoms with Crippen LogP contribution in [-0.2, 0) is 14.4 Å². The fraction of sp³-hybridized carbons (Fsp3) is 0.318. The van der Waals surface area contributed by atoms with Crippen molar-refractivity contribution in [1.29, 1.82) is 0 Å². The van der Waals surface area contributed by atoms with Crippen molar-refractivity contribution in [2.75, 3.05) is 4.90 Å². The Hall–Kier alpha value is -3.59. The Morgan fingerprint density at radius 2 is 1.81 bits per heavy atom. The number of nitro groups is 1. The molecular formula is C22H21N3O6. The third kappa shape index (κ3) is 2.92. The average Bonchev–Trinajstić information content (AvgIpc) is 3.24. The number of rotatable bonds is 5. The van der Waals surface area contributed by atoms with Crippen molar-refractivity contribution in [2.45, 2.75) is 25.4 Å². The number of benzene rings is 2. The van der Waals surface area contributed by atoms with Crippen LogP contribution in [0.15, 0.2) is 54.6 Å². The first-order valence-corrected chi connectivity index (χ1v) is 9.88. The first-order chi connectivity index (χ1) is 14.7. The van der Waals surface area contributed by atoms with Crippen LogP contribution < -0.4 is 10.2 Å². The number of anilines is 1. The summed E-state index contributed by atoms with van der Waals surface area (Å²) in [5.41, 5.74) is -1.16. The quantitative estimate of drug-likeness (QED) is 0.429. The highest BCUT2D eigenvalue weighted by Crippen LogP contribution is 2.52. The van der Waals surface area contributed by atoms with Crippen molar-refractivity contribution in [3.63, 3.8) is 0 Å². The number of amides is 2. The summed E-state index contributed by atoms with van der Waals surface area (Å²) in [5.74, 6) is -5.06. The van der Waals surface area contributed by atoms with E-state index in [2.05, 4.69) is 5.32 Å². The maximum Gasteiger partial charge on any atom is 0.325 e. The predicted molar refractivity (Wildman–Crippen MR) is 110 cm³/mol.